The van der Waals surface area contributed by atoms with Gasteiger partial charge in [0.25, 0.3) is 5.91 Å². The van der Waals surface area contributed by atoms with Crippen molar-refractivity contribution >= 4 is 17.7 Å². The number of carbonyl (C=O) groups excluding carboxylic acids is 2. The van der Waals surface area contributed by atoms with Crippen molar-refractivity contribution in [1.29, 1.82) is 0 Å². The number of furan rings is 1. The third-order valence-corrected chi connectivity index (χ3v) is 3.60. The Morgan fingerprint density at radius 2 is 2.14 bits per heavy atom. The van der Waals surface area contributed by atoms with Crippen LogP contribution in [0.4, 0.5) is 5.88 Å². The molecule has 1 saturated heterocycles. The van der Waals surface area contributed by atoms with Crippen LogP contribution in [-0.2, 0) is 4.79 Å². The fourth-order valence-electron chi connectivity index (χ4n) is 2.24. The minimum absolute atomic E-state index is 0.0504. The lowest BCUT2D eigenvalue weighted by molar-refractivity contribution is -0.402. The standard InChI is InChI=1S/C14H19N3O5/c1-2-3-4-7-15-13(18)10-8-16(9-10)14(19)11-5-6-12(22-11)17(20)21/h5-6,10H,2-4,7-9H2,1H3,(H,15,18). The molecule has 1 aromatic rings. The van der Waals surface area contributed by atoms with Crippen LogP contribution in [0.5, 0.6) is 0 Å². The summed E-state index contributed by atoms with van der Waals surface area (Å²) in [5, 5.41) is 13.4. The van der Waals surface area contributed by atoms with Gasteiger partial charge in [-0.2, -0.15) is 0 Å². The quantitative estimate of drug-likeness (QED) is 0.467. The summed E-state index contributed by atoms with van der Waals surface area (Å²) in [6.07, 6.45) is 3.12. The van der Waals surface area contributed by atoms with E-state index >= 15 is 0 Å². The van der Waals surface area contributed by atoms with Gasteiger partial charge < -0.3 is 14.6 Å². The number of carbonyl (C=O) groups is 2. The van der Waals surface area contributed by atoms with E-state index in [1.807, 2.05) is 0 Å². The lowest BCUT2D eigenvalue weighted by Crippen LogP contribution is -2.55. The lowest BCUT2D eigenvalue weighted by atomic mass is 9.98. The van der Waals surface area contributed by atoms with Crippen LogP contribution in [0.2, 0.25) is 0 Å². The van der Waals surface area contributed by atoms with E-state index in [0.717, 1.165) is 25.3 Å². The highest BCUT2D eigenvalue weighted by atomic mass is 16.6. The molecule has 1 aliphatic heterocycles. The van der Waals surface area contributed by atoms with Crippen LogP contribution < -0.4 is 5.32 Å². The molecule has 0 unspecified atom stereocenters. The van der Waals surface area contributed by atoms with Gasteiger partial charge in [0.2, 0.25) is 5.91 Å². The van der Waals surface area contributed by atoms with Crippen molar-refractivity contribution in [2.75, 3.05) is 19.6 Å². The predicted molar refractivity (Wildman–Crippen MR) is 77.3 cm³/mol. The summed E-state index contributed by atoms with van der Waals surface area (Å²) in [5.74, 6) is -1.23. The molecule has 22 heavy (non-hydrogen) atoms. The SMILES string of the molecule is CCCCCNC(=O)C1CN(C(=O)c2ccc([N+](=O)[O-])o2)C1. The summed E-state index contributed by atoms with van der Waals surface area (Å²) in [6.45, 7) is 3.37. The van der Waals surface area contributed by atoms with Crippen molar-refractivity contribution in [3.63, 3.8) is 0 Å². The van der Waals surface area contributed by atoms with E-state index in [4.69, 9.17) is 4.42 Å². The number of hydrogen-bond acceptors (Lipinski definition) is 5. The van der Waals surface area contributed by atoms with Crippen molar-refractivity contribution < 1.29 is 18.9 Å². The van der Waals surface area contributed by atoms with Gasteiger partial charge >= 0.3 is 5.88 Å². The number of amides is 2. The largest absolute Gasteiger partial charge is 0.433 e. The Bertz CT molecular complexity index is 563. The monoisotopic (exact) mass is 309 g/mol. The molecule has 2 heterocycles. The lowest BCUT2D eigenvalue weighted by Gasteiger charge is -2.37. The smallest absolute Gasteiger partial charge is 0.395 e. The average molecular weight is 309 g/mol. The summed E-state index contributed by atoms with van der Waals surface area (Å²) in [6, 6.07) is 2.42. The average Bonchev–Trinajstić information content (AvgIpc) is 2.92. The zero-order chi connectivity index (χ0) is 16.1. The van der Waals surface area contributed by atoms with Gasteiger partial charge in [-0.15, -0.1) is 0 Å². The van der Waals surface area contributed by atoms with E-state index in [1.54, 1.807) is 0 Å². The predicted octanol–water partition coefficient (Wildman–Crippen LogP) is 1.57. The first-order valence-corrected chi connectivity index (χ1v) is 7.34. The van der Waals surface area contributed by atoms with Crippen LogP contribution >= 0.6 is 0 Å². The van der Waals surface area contributed by atoms with Crippen LogP contribution in [-0.4, -0.2) is 41.3 Å². The van der Waals surface area contributed by atoms with Gasteiger partial charge in [0.05, 0.1) is 12.0 Å². The second kappa shape index (κ2) is 7.06. The van der Waals surface area contributed by atoms with Gasteiger partial charge in [0.1, 0.15) is 4.92 Å². The van der Waals surface area contributed by atoms with Gasteiger partial charge in [0.15, 0.2) is 5.76 Å². The van der Waals surface area contributed by atoms with Crippen molar-refractivity contribution in [2.24, 2.45) is 5.92 Å². The normalized spacial score (nSPS) is 14.5. The molecular formula is C14H19N3O5. The van der Waals surface area contributed by atoms with Crippen LogP contribution in [0.1, 0.15) is 36.7 Å². The van der Waals surface area contributed by atoms with Crippen LogP contribution in [0.3, 0.4) is 0 Å². The highest BCUT2D eigenvalue weighted by molar-refractivity contribution is 5.94. The number of nitrogens with one attached hydrogen (secondary N) is 1. The van der Waals surface area contributed by atoms with Gasteiger partial charge in [0, 0.05) is 19.6 Å². The number of hydrogen-bond donors (Lipinski definition) is 1. The van der Waals surface area contributed by atoms with Crippen LogP contribution in [0.25, 0.3) is 0 Å². The van der Waals surface area contributed by atoms with Gasteiger partial charge in [-0.1, -0.05) is 19.8 Å². The van der Waals surface area contributed by atoms with Crippen LogP contribution in [0, 0.1) is 16.0 Å². The summed E-state index contributed by atoms with van der Waals surface area (Å²) in [7, 11) is 0. The molecule has 0 atom stereocenters. The Balaban J connectivity index is 1.76. The van der Waals surface area contributed by atoms with Crippen molar-refractivity contribution in [3.8, 4) is 0 Å². The van der Waals surface area contributed by atoms with Crippen molar-refractivity contribution in [2.45, 2.75) is 26.2 Å². The first-order chi connectivity index (χ1) is 10.5. The minimum Gasteiger partial charge on any atom is -0.395 e. The zero-order valence-corrected chi connectivity index (χ0v) is 12.4. The Morgan fingerprint density at radius 3 is 2.73 bits per heavy atom. The number of nitro groups is 1. The van der Waals surface area contributed by atoms with E-state index in [-0.39, 0.29) is 17.6 Å². The van der Waals surface area contributed by atoms with E-state index in [9.17, 15) is 19.7 Å². The molecule has 2 amide bonds. The number of rotatable bonds is 7. The maximum atomic E-state index is 12.0. The molecule has 0 aliphatic carbocycles. The fourth-order valence-corrected chi connectivity index (χ4v) is 2.24. The summed E-state index contributed by atoms with van der Waals surface area (Å²) in [4.78, 5) is 35.1. The zero-order valence-electron chi connectivity index (χ0n) is 12.4. The molecule has 0 radical (unpaired) electrons. The second-order valence-electron chi connectivity index (χ2n) is 5.30. The highest BCUT2D eigenvalue weighted by Crippen LogP contribution is 2.22. The number of likely N-dealkylation sites (tertiary alicyclic amines) is 1. The molecule has 120 valence electrons. The third-order valence-electron chi connectivity index (χ3n) is 3.60. The van der Waals surface area contributed by atoms with Crippen LogP contribution in [0.15, 0.2) is 16.5 Å². The molecular weight excluding hydrogens is 290 g/mol. The van der Waals surface area contributed by atoms with Gasteiger partial charge in [-0.05, 0) is 12.5 Å². The molecule has 0 saturated carbocycles. The van der Waals surface area contributed by atoms with E-state index < -0.39 is 16.7 Å². The van der Waals surface area contributed by atoms with Crippen molar-refractivity contribution in [3.05, 3.63) is 28.0 Å². The first-order valence-electron chi connectivity index (χ1n) is 7.34. The molecule has 0 aromatic carbocycles. The summed E-state index contributed by atoms with van der Waals surface area (Å²) in [5.41, 5.74) is 0. The molecule has 0 spiro atoms. The molecule has 8 nitrogen and oxygen atoms in total. The summed E-state index contributed by atoms with van der Waals surface area (Å²) < 4.78 is 4.86. The topological polar surface area (TPSA) is 106 Å². The number of unbranched alkanes of at least 4 members (excludes halogenated alkanes) is 2. The molecule has 1 N–H and O–H groups in total. The Hall–Kier alpha value is -2.38. The molecule has 1 aliphatic rings. The number of nitrogens with zero attached hydrogens (tertiary/aromatic N) is 2. The summed E-state index contributed by atoms with van der Waals surface area (Å²) >= 11 is 0. The van der Waals surface area contributed by atoms with E-state index in [1.165, 1.54) is 11.0 Å². The molecule has 1 aromatic heterocycles. The van der Waals surface area contributed by atoms with E-state index in [0.29, 0.717) is 19.6 Å². The third kappa shape index (κ3) is 3.63. The first kappa shape index (κ1) is 16.0. The Morgan fingerprint density at radius 1 is 1.41 bits per heavy atom. The molecule has 8 heteroatoms. The minimum atomic E-state index is -0.695. The highest BCUT2D eigenvalue weighted by Gasteiger charge is 2.37. The maximum Gasteiger partial charge on any atom is 0.433 e. The fraction of sp³-hybridized carbons (Fsp3) is 0.571. The van der Waals surface area contributed by atoms with Crippen molar-refractivity contribution in [1.82, 2.24) is 10.2 Å². The molecule has 1 fully saturated rings. The molecule has 0 bridgehead atoms. The van der Waals surface area contributed by atoms with Gasteiger partial charge in [-0.25, -0.2) is 0 Å². The second-order valence-corrected chi connectivity index (χ2v) is 5.30. The van der Waals surface area contributed by atoms with E-state index in [2.05, 4.69) is 12.2 Å². The Labute approximate surface area is 127 Å². The Kier molecular flexibility index (Phi) is 5.13. The van der Waals surface area contributed by atoms with Gasteiger partial charge in [-0.3, -0.25) is 19.7 Å². The maximum absolute atomic E-state index is 12.0. The molecule has 2 rings (SSSR count).